The fraction of sp³-hybridized carbons (Fsp3) is 0.0476. The lowest BCUT2D eigenvalue weighted by molar-refractivity contribution is 0.0980. The first kappa shape index (κ1) is 17.9. The van der Waals surface area contributed by atoms with Crippen LogP contribution in [-0.2, 0) is 9.84 Å². The third kappa shape index (κ3) is 2.76. The molecule has 28 heavy (non-hydrogen) atoms. The molecule has 3 N–H and O–H groups in total. The molecule has 0 atom stereocenters. The Labute approximate surface area is 161 Å². The summed E-state index contributed by atoms with van der Waals surface area (Å²) in [6.07, 6.45) is 1.01. The number of hydrogen-bond acceptors (Lipinski definition) is 6. The van der Waals surface area contributed by atoms with Crippen molar-refractivity contribution in [2.45, 2.75) is 4.90 Å². The molecule has 0 aliphatic heterocycles. The maximum Gasteiger partial charge on any atom is 0.196 e. The van der Waals surface area contributed by atoms with Crippen molar-refractivity contribution in [3.8, 4) is 0 Å². The Balaban J connectivity index is 2.05. The summed E-state index contributed by atoms with van der Waals surface area (Å²) in [6.45, 7) is 0. The van der Waals surface area contributed by atoms with Gasteiger partial charge in [0.2, 0.25) is 0 Å². The number of carbonyl (C=O) groups is 2. The number of sulfone groups is 1. The van der Waals surface area contributed by atoms with Gasteiger partial charge in [-0.1, -0.05) is 42.5 Å². The number of benzene rings is 3. The molecule has 0 aromatic heterocycles. The van der Waals surface area contributed by atoms with Gasteiger partial charge in [0.15, 0.2) is 21.4 Å². The first-order valence-corrected chi connectivity index (χ1v) is 10.3. The average Bonchev–Trinajstić information content (AvgIpc) is 2.67. The van der Waals surface area contributed by atoms with Gasteiger partial charge >= 0.3 is 0 Å². The van der Waals surface area contributed by atoms with E-state index < -0.39 is 15.6 Å². The van der Waals surface area contributed by atoms with Crippen LogP contribution in [0.15, 0.2) is 65.6 Å². The van der Waals surface area contributed by atoms with Crippen molar-refractivity contribution in [1.29, 1.82) is 0 Å². The number of nitrogens with one attached hydrogen (secondary N) is 1. The summed E-state index contributed by atoms with van der Waals surface area (Å²) < 4.78 is 24.5. The zero-order valence-corrected chi connectivity index (χ0v) is 15.7. The van der Waals surface area contributed by atoms with Crippen molar-refractivity contribution in [3.63, 3.8) is 0 Å². The fourth-order valence-corrected chi connectivity index (χ4v) is 4.21. The van der Waals surface area contributed by atoms with Crippen LogP contribution >= 0.6 is 0 Å². The van der Waals surface area contributed by atoms with Gasteiger partial charge in [0.25, 0.3) is 0 Å². The van der Waals surface area contributed by atoms with Crippen molar-refractivity contribution in [3.05, 3.63) is 82.9 Å². The van der Waals surface area contributed by atoms with E-state index in [1.54, 1.807) is 42.5 Å². The second kappa shape index (κ2) is 6.31. The summed E-state index contributed by atoms with van der Waals surface area (Å²) in [5.74, 6) is -0.848. The van der Waals surface area contributed by atoms with Crippen molar-refractivity contribution < 1.29 is 18.0 Å². The van der Waals surface area contributed by atoms with Gasteiger partial charge in [0, 0.05) is 23.1 Å². The highest BCUT2D eigenvalue weighted by Gasteiger charge is 2.35. The molecule has 0 radical (unpaired) electrons. The van der Waals surface area contributed by atoms with E-state index in [9.17, 15) is 18.0 Å². The van der Waals surface area contributed by atoms with E-state index in [0.717, 1.165) is 6.26 Å². The van der Waals surface area contributed by atoms with Crippen LogP contribution in [0.25, 0.3) is 0 Å². The molecule has 0 heterocycles. The molecule has 3 aromatic rings. The lowest BCUT2D eigenvalue weighted by atomic mass is 9.82. The van der Waals surface area contributed by atoms with E-state index in [-0.39, 0.29) is 44.3 Å². The van der Waals surface area contributed by atoms with Crippen LogP contribution < -0.4 is 11.1 Å². The molecule has 0 saturated heterocycles. The third-order valence-corrected chi connectivity index (χ3v) is 5.79. The number of rotatable bonds is 3. The predicted molar refractivity (Wildman–Crippen MR) is 107 cm³/mol. The molecule has 0 spiro atoms. The topological polar surface area (TPSA) is 106 Å². The van der Waals surface area contributed by atoms with Gasteiger partial charge < -0.3 is 11.1 Å². The highest BCUT2D eigenvalue weighted by molar-refractivity contribution is 7.90. The minimum absolute atomic E-state index is 0.0787. The van der Waals surface area contributed by atoms with Gasteiger partial charge in [-0.15, -0.1) is 0 Å². The normalized spacial score (nSPS) is 13.0. The van der Waals surface area contributed by atoms with Crippen LogP contribution in [0.4, 0.5) is 17.1 Å². The van der Waals surface area contributed by atoms with Gasteiger partial charge in [0.05, 0.1) is 27.4 Å². The zero-order chi connectivity index (χ0) is 20.1. The summed E-state index contributed by atoms with van der Waals surface area (Å²) in [5.41, 5.74) is 7.23. The summed E-state index contributed by atoms with van der Waals surface area (Å²) in [6, 6.07) is 16.7. The Bertz CT molecular complexity index is 1250. The van der Waals surface area contributed by atoms with Crippen LogP contribution in [0.5, 0.6) is 0 Å². The van der Waals surface area contributed by atoms with Crippen molar-refractivity contribution in [2.24, 2.45) is 0 Å². The van der Waals surface area contributed by atoms with Gasteiger partial charge in [-0.3, -0.25) is 9.59 Å². The molecule has 0 unspecified atom stereocenters. The standard InChI is InChI=1S/C21H16N2O4S/c1-28(26,27)16-11-15(23-12-7-3-2-4-8-12)17-18(19(16)22)21(25)14-10-6-5-9-13(14)20(17)24/h2-11,23H,22H2,1H3. The first-order valence-electron chi connectivity index (χ1n) is 8.46. The number of hydrogen-bond donors (Lipinski definition) is 2. The fourth-order valence-electron chi connectivity index (χ4n) is 3.38. The number of ketones is 2. The van der Waals surface area contributed by atoms with Gasteiger partial charge in [-0.05, 0) is 18.2 Å². The maximum atomic E-state index is 13.2. The van der Waals surface area contributed by atoms with Crippen LogP contribution in [0.3, 0.4) is 0 Å². The number of carbonyl (C=O) groups excluding carboxylic acids is 2. The van der Waals surface area contributed by atoms with E-state index in [1.807, 2.05) is 6.07 Å². The molecule has 0 bridgehead atoms. The van der Waals surface area contributed by atoms with Gasteiger partial charge in [0.1, 0.15) is 0 Å². The van der Waals surface area contributed by atoms with E-state index >= 15 is 0 Å². The summed E-state index contributed by atoms with van der Waals surface area (Å²) in [5, 5.41) is 3.06. The number of para-hydroxylation sites is 1. The Morgan fingerprint density at radius 1 is 0.821 bits per heavy atom. The van der Waals surface area contributed by atoms with E-state index in [1.165, 1.54) is 12.1 Å². The van der Waals surface area contributed by atoms with Crippen molar-refractivity contribution in [2.75, 3.05) is 17.3 Å². The van der Waals surface area contributed by atoms with Gasteiger partial charge in [-0.25, -0.2) is 8.42 Å². The molecule has 1 aliphatic carbocycles. The zero-order valence-electron chi connectivity index (χ0n) is 14.9. The molecular weight excluding hydrogens is 376 g/mol. The molecule has 1 aliphatic rings. The molecule has 140 valence electrons. The molecule has 4 rings (SSSR count). The van der Waals surface area contributed by atoms with Crippen LogP contribution in [0, 0.1) is 0 Å². The quantitative estimate of drug-likeness (QED) is 0.519. The smallest absolute Gasteiger partial charge is 0.196 e. The number of fused-ring (bicyclic) bond motifs is 2. The maximum absolute atomic E-state index is 13.2. The Kier molecular flexibility index (Phi) is 4.05. The first-order chi connectivity index (χ1) is 13.3. The summed E-state index contributed by atoms with van der Waals surface area (Å²) in [4.78, 5) is 26.1. The predicted octanol–water partition coefficient (Wildman–Crippen LogP) is 3.19. The summed E-state index contributed by atoms with van der Waals surface area (Å²) >= 11 is 0. The number of anilines is 3. The highest BCUT2D eigenvalue weighted by atomic mass is 32.2. The van der Waals surface area contributed by atoms with E-state index in [2.05, 4.69) is 5.32 Å². The molecule has 0 amide bonds. The van der Waals surface area contributed by atoms with Crippen LogP contribution in [0.1, 0.15) is 31.8 Å². The largest absolute Gasteiger partial charge is 0.397 e. The van der Waals surface area contributed by atoms with Crippen molar-refractivity contribution >= 4 is 38.5 Å². The molecule has 6 nitrogen and oxygen atoms in total. The molecule has 0 fully saturated rings. The SMILES string of the molecule is CS(=O)(=O)c1cc(Nc2ccccc2)c2c(c1N)C(=O)c1ccccc1C2=O. The lowest BCUT2D eigenvalue weighted by Crippen LogP contribution is -2.25. The molecule has 7 heteroatoms. The minimum atomic E-state index is -3.73. The van der Waals surface area contributed by atoms with Crippen molar-refractivity contribution in [1.82, 2.24) is 0 Å². The molecule has 0 saturated carbocycles. The second-order valence-corrected chi connectivity index (χ2v) is 8.54. The third-order valence-electron chi connectivity index (χ3n) is 4.65. The number of nitrogen functional groups attached to an aromatic ring is 1. The number of nitrogens with two attached hydrogens (primary N) is 1. The summed E-state index contributed by atoms with van der Waals surface area (Å²) in [7, 11) is -3.73. The molecular formula is C21H16N2O4S. The minimum Gasteiger partial charge on any atom is -0.397 e. The van der Waals surface area contributed by atoms with Crippen LogP contribution in [-0.4, -0.2) is 26.2 Å². The lowest BCUT2D eigenvalue weighted by Gasteiger charge is -2.23. The van der Waals surface area contributed by atoms with Crippen LogP contribution in [0.2, 0.25) is 0 Å². The highest BCUT2D eigenvalue weighted by Crippen LogP contribution is 2.39. The Morgan fingerprint density at radius 3 is 1.93 bits per heavy atom. The molecule has 3 aromatic carbocycles. The van der Waals surface area contributed by atoms with E-state index in [4.69, 9.17) is 5.73 Å². The average molecular weight is 392 g/mol. The second-order valence-electron chi connectivity index (χ2n) is 6.55. The van der Waals surface area contributed by atoms with E-state index in [0.29, 0.717) is 5.69 Å². The monoisotopic (exact) mass is 392 g/mol. The van der Waals surface area contributed by atoms with Gasteiger partial charge in [-0.2, -0.15) is 0 Å². The Hall–Kier alpha value is -3.45. The Morgan fingerprint density at radius 2 is 1.36 bits per heavy atom.